The zero-order valence-electron chi connectivity index (χ0n) is 15.3. The maximum absolute atomic E-state index is 12.4. The molecule has 6 heteroatoms. The lowest BCUT2D eigenvalue weighted by atomic mass is 10.1. The third-order valence-electron chi connectivity index (χ3n) is 4.31. The first-order valence-electron chi connectivity index (χ1n) is 8.68. The Labute approximate surface area is 161 Å². The molecule has 140 valence electrons. The molecule has 1 amide bonds. The average molecular weight is 386 g/mol. The van der Waals surface area contributed by atoms with Crippen LogP contribution in [0.3, 0.4) is 0 Å². The second-order valence-corrected chi connectivity index (χ2v) is 6.73. The number of amides is 1. The Morgan fingerprint density at radius 1 is 1.22 bits per heavy atom. The Kier molecular flexibility index (Phi) is 5.51. The normalized spacial score (nSPS) is 12.0. The molecule has 2 aromatic carbocycles. The van der Waals surface area contributed by atoms with E-state index in [0.29, 0.717) is 16.3 Å². The van der Waals surface area contributed by atoms with Gasteiger partial charge >= 0.3 is 5.63 Å². The Morgan fingerprint density at radius 3 is 2.59 bits per heavy atom. The highest BCUT2D eigenvalue weighted by Gasteiger charge is 2.18. The van der Waals surface area contributed by atoms with Crippen molar-refractivity contribution in [3.05, 3.63) is 69.0 Å². The smallest absolute Gasteiger partial charge is 0.336 e. The van der Waals surface area contributed by atoms with E-state index in [1.165, 1.54) is 17.7 Å². The van der Waals surface area contributed by atoms with Crippen LogP contribution in [-0.4, -0.2) is 12.0 Å². The third kappa shape index (κ3) is 4.31. The minimum Gasteiger partial charge on any atom is -0.479 e. The van der Waals surface area contributed by atoms with Gasteiger partial charge in [0.2, 0.25) is 0 Å². The van der Waals surface area contributed by atoms with Crippen LogP contribution in [0.15, 0.2) is 51.7 Å². The van der Waals surface area contributed by atoms with Crippen molar-refractivity contribution >= 4 is 34.2 Å². The van der Waals surface area contributed by atoms with Crippen LogP contribution < -0.4 is 15.7 Å². The number of fused-ring (bicyclic) bond motifs is 1. The van der Waals surface area contributed by atoms with Crippen LogP contribution in [0.25, 0.3) is 11.0 Å². The number of carbonyl (C=O) groups excluding carboxylic acids is 1. The fourth-order valence-corrected chi connectivity index (χ4v) is 2.93. The van der Waals surface area contributed by atoms with Crippen LogP contribution in [0.5, 0.6) is 5.75 Å². The van der Waals surface area contributed by atoms with Crippen molar-refractivity contribution in [2.75, 3.05) is 5.32 Å². The molecule has 0 fully saturated rings. The predicted molar refractivity (Wildman–Crippen MR) is 107 cm³/mol. The van der Waals surface area contributed by atoms with Crippen molar-refractivity contribution in [2.45, 2.75) is 33.3 Å². The number of ether oxygens (including phenoxy) is 1. The Bertz CT molecular complexity index is 1040. The van der Waals surface area contributed by atoms with Gasteiger partial charge in [-0.05, 0) is 49.6 Å². The molecular formula is C21H20ClNO4. The Balaban J connectivity index is 1.78. The van der Waals surface area contributed by atoms with Gasteiger partial charge in [-0.2, -0.15) is 0 Å². The number of aryl methyl sites for hydroxylation is 2. The highest BCUT2D eigenvalue weighted by Crippen LogP contribution is 2.31. The number of rotatable bonds is 5. The first-order chi connectivity index (χ1) is 12.9. The molecule has 0 radical (unpaired) electrons. The number of nitrogens with one attached hydrogen (secondary N) is 1. The van der Waals surface area contributed by atoms with E-state index in [9.17, 15) is 9.59 Å². The maximum atomic E-state index is 12.4. The van der Waals surface area contributed by atoms with Crippen LogP contribution >= 0.6 is 11.6 Å². The topological polar surface area (TPSA) is 68.5 Å². The lowest BCUT2D eigenvalue weighted by molar-refractivity contribution is -0.122. The van der Waals surface area contributed by atoms with E-state index in [-0.39, 0.29) is 11.7 Å². The summed E-state index contributed by atoms with van der Waals surface area (Å²) in [4.78, 5) is 24.0. The molecule has 0 spiro atoms. The van der Waals surface area contributed by atoms with Crippen LogP contribution in [0, 0.1) is 6.92 Å². The molecule has 0 saturated heterocycles. The van der Waals surface area contributed by atoms with Gasteiger partial charge in [0, 0.05) is 23.2 Å². The average Bonchev–Trinajstić information content (AvgIpc) is 2.63. The summed E-state index contributed by atoms with van der Waals surface area (Å²) in [6, 6.07) is 12.2. The van der Waals surface area contributed by atoms with E-state index in [2.05, 4.69) is 12.2 Å². The summed E-state index contributed by atoms with van der Waals surface area (Å²) in [5, 5.41) is 3.87. The molecule has 27 heavy (non-hydrogen) atoms. The third-order valence-corrected chi connectivity index (χ3v) is 4.60. The minimum absolute atomic E-state index is 0.280. The van der Waals surface area contributed by atoms with E-state index in [4.69, 9.17) is 20.8 Å². The monoisotopic (exact) mass is 385 g/mol. The van der Waals surface area contributed by atoms with Gasteiger partial charge in [-0.25, -0.2) is 4.79 Å². The summed E-state index contributed by atoms with van der Waals surface area (Å²) in [7, 11) is 0. The van der Waals surface area contributed by atoms with Crippen LogP contribution in [0.2, 0.25) is 5.02 Å². The van der Waals surface area contributed by atoms with Gasteiger partial charge < -0.3 is 14.5 Å². The van der Waals surface area contributed by atoms with E-state index < -0.39 is 11.7 Å². The molecule has 0 aliphatic rings. The first kappa shape index (κ1) is 19.0. The Morgan fingerprint density at radius 2 is 1.93 bits per heavy atom. The van der Waals surface area contributed by atoms with Gasteiger partial charge in [-0.3, -0.25) is 4.79 Å². The molecule has 1 heterocycles. The molecule has 0 saturated carbocycles. The zero-order valence-corrected chi connectivity index (χ0v) is 16.1. The highest BCUT2D eigenvalue weighted by molar-refractivity contribution is 6.32. The number of hydrogen-bond acceptors (Lipinski definition) is 4. The van der Waals surface area contributed by atoms with Crippen molar-refractivity contribution < 1.29 is 13.9 Å². The fraction of sp³-hybridized carbons (Fsp3) is 0.238. The van der Waals surface area contributed by atoms with Crippen molar-refractivity contribution in [2.24, 2.45) is 0 Å². The van der Waals surface area contributed by atoms with E-state index in [1.807, 2.05) is 24.3 Å². The Hall–Kier alpha value is -2.79. The first-order valence-corrected chi connectivity index (χ1v) is 9.05. The lowest BCUT2D eigenvalue weighted by Gasteiger charge is -2.16. The van der Waals surface area contributed by atoms with Crippen LogP contribution in [0.4, 0.5) is 5.69 Å². The van der Waals surface area contributed by atoms with E-state index >= 15 is 0 Å². The zero-order chi connectivity index (χ0) is 19.6. The maximum Gasteiger partial charge on any atom is 0.336 e. The van der Waals surface area contributed by atoms with Crippen LogP contribution in [-0.2, 0) is 11.2 Å². The SMILES string of the molecule is CCc1ccc(NC(=O)C(C)Oc2cc3oc(=O)cc(C)c3cc2Cl)cc1. The second kappa shape index (κ2) is 7.84. The molecule has 1 aromatic heterocycles. The van der Waals surface area contributed by atoms with Crippen molar-refractivity contribution in [3.63, 3.8) is 0 Å². The van der Waals surface area contributed by atoms with Crippen molar-refractivity contribution in [1.29, 1.82) is 0 Å². The molecule has 3 aromatic rings. The summed E-state index contributed by atoms with van der Waals surface area (Å²) in [5.41, 5.74) is 2.56. The lowest BCUT2D eigenvalue weighted by Crippen LogP contribution is -2.30. The van der Waals surface area contributed by atoms with Crippen LogP contribution in [0.1, 0.15) is 25.0 Å². The van der Waals surface area contributed by atoms with E-state index in [1.54, 1.807) is 19.9 Å². The molecule has 1 unspecified atom stereocenters. The van der Waals surface area contributed by atoms with Crippen molar-refractivity contribution in [3.8, 4) is 5.75 Å². The second-order valence-electron chi connectivity index (χ2n) is 6.33. The summed E-state index contributed by atoms with van der Waals surface area (Å²) in [5.74, 6) is -0.0250. The molecule has 3 rings (SSSR count). The van der Waals surface area contributed by atoms with Gasteiger partial charge in [0.15, 0.2) is 6.10 Å². The number of benzene rings is 2. The van der Waals surface area contributed by atoms with Crippen molar-refractivity contribution in [1.82, 2.24) is 0 Å². The quantitative estimate of drug-likeness (QED) is 0.645. The minimum atomic E-state index is -0.790. The van der Waals surface area contributed by atoms with E-state index in [0.717, 1.165) is 17.4 Å². The molecule has 0 aliphatic carbocycles. The number of hydrogen-bond donors (Lipinski definition) is 1. The van der Waals surface area contributed by atoms with Gasteiger partial charge in [-0.1, -0.05) is 30.7 Å². The molecule has 1 N–H and O–H groups in total. The van der Waals surface area contributed by atoms with Gasteiger partial charge in [0.25, 0.3) is 5.91 Å². The standard InChI is InChI=1S/C21H20ClNO4/c1-4-14-5-7-15(8-6-14)23-21(25)13(3)26-19-11-18-16(10-17(19)22)12(2)9-20(24)27-18/h5-11,13H,4H2,1-3H3,(H,23,25). The molecule has 0 aliphatic heterocycles. The van der Waals surface area contributed by atoms with Gasteiger partial charge in [0.1, 0.15) is 11.3 Å². The van der Waals surface area contributed by atoms with Gasteiger partial charge in [0.05, 0.1) is 5.02 Å². The summed E-state index contributed by atoms with van der Waals surface area (Å²) in [6.45, 7) is 5.50. The summed E-state index contributed by atoms with van der Waals surface area (Å²) >= 11 is 6.28. The summed E-state index contributed by atoms with van der Waals surface area (Å²) in [6.07, 6.45) is 0.145. The molecule has 1 atom stereocenters. The predicted octanol–water partition coefficient (Wildman–Crippen LogP) is 4.72. The number of carbonyl (C=O) groups is 1. The molecule has 0 bridgehead atoms. The summed E-state index contributed by atoms with van der Waals surface area (Å²) < 4.78 is 10.9. The highest BCUT2D eigenvalue weighted by atomic mass is 35.5. The largest absolute Gasteiger partial charge is 0.479 e. The fourth-order valence-electron chi connectivity index (χ4n) is 2.72. The number of anilines is 1. The van der Waals surface area contributed by atoms with Gasteiger partial charge in [-0.15, -0.1) is 0 Å². The molecular weight excluding hydrogens is 366 g/mol. The number of halogens is 1. The molecule has 5 nitrogen and oxygen atoms in total.